The van der Waals surface area contributed by atoms with Crippen LogP contribution >= 0.6 is 23.2 Å². The molecule has 0 bridgehead atoms. The van der Waals surface area contributed by atoms with Crippen molar-refractivity contribution < 1.29 is 0 Å². The lowest BCUT2D eigenvalue weighted by atomic mass is 10.2. The lowest BCUT2D eigenvalue weighted by molar-refractivity contribution is 0.668. The highest BCUT2D eigenvalue weighted by molar-refractivity contribution is 6.31. The quantitative estimate of drug-likeness (QED) is 0.676. The summed E-state index contributed by atoms with van der Waals surface area (Å²) in [6.07, 6.45) is 6.89. The van der Waals surface area contributed by atoms with Crippen LogP contribution in [0.1, 0.15) is 11.4 Å². The molecule has 0 spiro atoms. The van der Waals surface area contributed by atoms with Gasteiger partial charge in [-0.15, -0.1) is 11.6 Å². The van der Waals surface area contributed by atoms with Crippen molar-refractivity contribution in [3.63, 3.8) is 0 Å². The first-order valence-electron chi connectivity index (χ1n) is 6.73. The summed E-state index contributed by atoms with van der Waals surface area (Å²) >= 11 is 11.9. The van der Waals surface area contributed by atoms with Crippen LogP contribution in [0.3, 0.4) is 0 Å². The zero-order valence-corrected chi connectivity index (χ0v) is 12.8. The minimum Gasteiger partial charge on any atom is -0.312 e. The summed E-state index contributed by atoms with van der Waals surface area (Å²) in [5, 5.41) is 0.594. The number of nitrogens with zero attached hydrogens (tertiary/aromatic N) is 4. The molecule has 0 fully saturated rings. The van der Waals surface area contributed by atoms with Crippen LogP contribution in [0.5, 0.6) is 0 Å². The first-order valence-corrected chi connectivity index (χ1v) is 7.64. The van der Waals surface area contributed by atoms with Crippen molar-refractivity contribution in [2.24, 2.45) is 0 Å². The molecule has 0 saturated carbocycles. The molecule has 0 N–H and O–H groups in total. The van der Waals surface area contributed by atoms with E-state index in [1.165, 1.54) is 5.56 Å². The third-order valence-electron chi connectivity index (χ3n) is 3.30. The molecule has 0 aliphatic rings. The fraction of sp³-hybridized carbons (Fsp3) is 0.267. The Morgan fingerprint density at radius 2 is 2.10 bits per heavy atom. The SMILES string of the molecule is ClCCc1nc2cc(Cl)cnc2n1CCc1cccnc1. The number of hydrogen-bond acceptors (Lipinski definition) is 3. The highest BCUT2D eigenvalue weighted by atomic mass is 35.5. The topological polar surface area (TPSA) is 43.6 Å². The molecule has 108 valence electrons. The highest BCUT2D eigenvalue weighted by Gasteiger charge is 2.12. The molecule has 0 aliphatic heterocycles. The number of rotatable bonds is 5. The zero-order valence-electron chi connectivity index (χ0n) is 11.3. The number of aromatic nitrogens is 4. The Bertz CT molecular complexity index is 740. The van der Waals surface area contributed by atoms with Gasteiger partial charge in [0, 0.05) is 37.4 Å². The molecule has 0 radical (unpaired) electrons. The third kappa shape index (κ3) is 3.17. The van der Waals surface area contributed by atoms with Crippen LogP contribution in [0.4, 0.5) is 0 Å². The molecule has 3 rings (SSSR count). The first-order chi connectivity index (χ1) is 10.3. The van der Waals surface area contributed by atoms with E-state index in [4.69, 9.17) is 23.2 Å². The van der Waals surface area contributed by atoms with Crippen molar-refractivity contribution in [1.29, 1.82) is 0 Å². The maximum atomic E-state index is 5.98. The second-order valence-corrected chi connectivity index (χ2v) is 5.54. The predicted molar refractivity (Wildman–Crippen MR) is 84.9 cm³/mol. The molecule has 0 atom stereocenters. The number of aryl methyl sites for hydroxylation is 3. The van der Waals surface area contributed by atoms with Gasteiger partial charge in [0.25, 0.3) is 0 Å². The zero-order chi connectivity index (χ0) is 14.7. The average Bonchev–Trinajstić information content (AvgIpc) is 2.83. The summed E-state index contributed by atoms with van der Waals surface area (Å²) in [7, 11) is 0. The molecule has 0 saturated heterocycles. The van der Waals surface area contributed by atoms with Gasteiger partial charge in [0.2, 0.25) is 0 Å². The number of fused-ring (bicyclic) bond motifs is 1. The standard InChI is InChI=1S/C15H14Cl2N4/c16-5-3-14-20-13-8-12(17)10-19-15(13)21(14)7-4-11-2-1-6-18-9-11/h1-2,6,8-10H,3-5,7H2. The van der Waals surface area contributed by atoms with Gasteiger partial charge in [-0.05, 0) is 24.1 Å². The fourth-order valence-corrected chi connectivity index (χ4v) is 2.65. The number of pyridine rings is 2. The van der Waals surface area contributed by atoms with Crippen molar-refractivity contribution in [2.75, 3.05) is 5.88 Å². The molecule has 0 unspecified atom stereocenters. The molecule has 21 heavy (non-hydrogen) atoms. The molecule has 0 aromatic carbocycles. The average molecular weight is 321 g/mol. The molecule has 0 aliphatic carbocycles. The van der Waals surface area contributed by atoms with Crippen molar-refractivity contribution in [3.05, 3.63) is 53.2 Å². The molecular formula is C15H14Cl2N4. The van der Waals surface area contributed by atoms with E-state index in [0.29, 0.717) is 17.3 Å². The van der Waals surface area contributed by atoms with E-state index in [1.54, 1.807) is 12.4 Å². The predicted octanol–water partition coefficient (Wildman–Crippen LogP) is 3.50. The molecular weight excluding hydrogens is 307 g/mol. The second kappa shape index (κ2) is 6.41. The van der Waals surface area contributed by atoms with Gasteiger partial charge < -0.3 is 4.57 Å². The van der Waals surface area contributed by atoms with Crippen molar-refractivity contribution >= 4 is 34.4 Å². The van der Waals surface area contributed by atoms with Crippen LogP contribution in [0.25, 0.3) is 11.2 Å². The summed E-state index contributed by atoms with van der Waals surface area (Å²) in [6.45, 7) is 0.795. The first kappa shape index (κ1) is 14.3. The van der Waals surface area contributed by atoms with Crippen LogP contribution < -0.4 is 0 Å². The van der Waals surface area contributed by atoms with Gasteiger partial charge in [0.1, 0.15) is 11.3 Å². The minimum absolute atomic E-state index is 0.532. The Morgan fingerprint density at radius 1 is 1.19 bits per heavy atom. The normalized spacial score (nSPS) is 11.1. The van der Waals surface area contributed by atoms with Gasteiger partial charge in [0.15, 0.2) is 5.65 Å². The molecule has 0 amide bonds. The molecule has 6 heteroatoms. The van der Waals surface area contributed by atoms with Gasteiger partial charge in [0.05, 0.1) is 5.02 Å². The summed E-state index contributed by atoms with van der Waals surface area (Å²) < 4.78 is 2.11. The Hall–Kier alpha value is -1.65. The highest BCUT2D eigenvalue weighted by Crippen LogP contribution is 2.19. The fourth-order valence-electron chi connectivity index (χ4n) is 2.33. The lowest BCUT2D eigenvalue weighted by Crippen LogP contribution is -2.07. The minimum atomic E-state index is 0.532. The Morgan fingerprint density at radius 3 is 2.86 bits per heavy atom. The lowest BCUT2D eigenvalue weighted by Gasteiger charge is -2.07. The van der Waals surface area contributed by atoms with Crippen molar-refractivity contribution in [3.8, 4) is 0 Å². The Labute approximate surface area is 132 Å². The van der Waals surface area contributed by atoms with Crippen LogP contribution in [-0.2, 0) is 19.4 Å². The van der Waals surface area contributed by atoms with Gasteiger partial charge in [-0.2, -0.15) is 0 Å². The summed E-state index contributed by atoms with van der Waals surface area (Å²) in [4.78, 5) is 13.1. The van der Waals surface area contributed by atoms with Gasteiger partial charge in [-0.1, -0.05) is 17.7 Å². The van der Waals surface area contributed by atoms with E-state index in [-0.39, 0.29) is 0 Å². The van der Waals surface area contributed by atoms with Gasteiger partial charge in [-0.25, -0.2) is 9.97 Å². The van der Waals surface area contributed by atoms with E-state index in [0.717, 1.165) is 30.0 Å². The van der Waals surface area contributed by atoms with Crippen LogP contribution in [0.15, 0.2) is 36.8 Å². The number of hydrogen-bond donors (Lipinski definition) is 0. The van der Waals surface area contributed by atoms with E-state index in [9.17, 15) is 0 Å². The van der Waals surface area contributed by atoms with Crippen LogP contribution in [0.2, 0.25) is 5.02 Å². The number of halogens is 2. The summed E-state index contributed by atoms with van der Waals surface area (Å²) in [6, 6.07) is 5.85. The Balaban J connectivity index is 1.93. The van der Waals surface area contributed by atoms with Crippen molar-refractivity contribution in [2.45, 2.75) is 19.4 Å². The van der Waals surface area contributed by atoms with E-state index in [2.05, 4.69) is 25.6 Å². The molecule has 4 nitrogen and oxygen atoms in total. The maximum absolute atomic E-state index is 5.98. The monoisotopic (exact) mass is 320 g/mol. The van der Waals surface area contributed by atoms with E-state index in [1.807, 2.05) is 18.3 Å². The van der Waals surface area contributed by atoms with E-state index >= 15 is 0 Å². The second-order valence-electron chi connectivity index (χ2n) is 4.73. The summed E-state index contributed by atoms with van der Waals surface area (Å²) in [5.74, 6) is 1.47. The smallest absolute Gasteiger partial charge is 0.160 e. The van der Waals surface area contributed by atoms with Crippen LogP contribution in [0, 0.1) is 0 Å². The van der Waals surface area contributed by atoms with Crippen molar-refractivity contribution in [1.82, 2.24) is 19.5 Å². The van der Waals surface area contributed by atoms with Crippen LogP contribution in [-0.4, -0.2) is 25.4 Å². The Kier molecular flexibility index (Phi) is 4.36. The molecule has 3 aromatic rings. The number of alkyl halides is 1. The number of imidazole rings is 1. The molecule has 3 aromatic heterocycles. The third-order valence-corrected chi connectivity index (χ3v) is 3.69. The largest absolute Gasteiger partial charge is 0.312 e. The maximum Gasteiger partial charge on any atom is 0.160 e. The van der Waals surface area contributed by atoms with Gasteiger partial charge in [-0.3, -0.25) is 4.98 Å². The molecule has 3 heterocycles. The van der Waals surface area contributed by atoms with Gasteiger partial charge >= 0.3 is 0 Å². The summed E-state index contributed by atoms with van der Waals surface area (Å²) in [5.41, 5.74) is 2.85. The van der Waals surface area contributed by atoms with E-state index < -0.39 is 0 Å².